The molecule has 2 aromatic heterocycles. The Morgan fingerprint density at radius 3 is 2.76 bits per heavy atom. The first-order valence-corrected chi connectivity index (χ1v) is 8.30. The number of halogens is 2. The van der Waals surface area contributed by atoms with Crippen molar-refractivity contribution in [2.45, 2.75) is 33.6 Å². The van der Waals surface area contributed by atoms with E-state index in [1.165, 1.54) is 18.2 Å². The van der Waals surface area contributed by atoms with Crippen molar-refractivity contribution in [3.05, 3.63) is 57.8 Å². The molecule has 0 atom stereocenters. The monoisotopic (exact) mass is 360 g/mol. The van der Waals surface area contributed by atoms with Crippen molar-refractivity contribution in [1.29, 1.82) is 0 Å². The van der Waals surface area contributed by atoms with E-state index in [1.807, 2.05) is 26.8 Å². The molecule has 5 nitrogen and oxygen atoms in total. The first kappa shape index (κ1) is 17.4. The molecule has 0 saturated carbocycles. The van der Waals surface area contributed by atoms with Crippen LogP contribution in [0.15, 0.2) is 24.3 Å². The van der Waals surface area contributed by atoms with E-state index in [0.29, 0.717) is 6.42 Å². The number of rotatable bonds is 4. The zero-order chi connectivity index (χ0) is 18.1. The van der Waals surface area contributed by atoms with Gasteiger partial charge in [-0.25, -0.2) is 13.9 Å². The highest BCUT2D eigenvalue weighted by Crippen LogP contribution is 2.20. The van der Waals surface area contributed by atoms with E-state index in [9.17, 15) is 9.18 Å². The van der Waals surface area contributed by atoms with Gasteiger partial charge in [0.15, 0.2) is 5.65 Å². The minimum atomic E-state index is -0.552. The number of nitrogens with one attached hydrogen (secondary N) is 1. The van der Waals surface area contributed by atoms with Gasteiger partial charge < -0.3 is 5.32 Å². The topological polar surface area (TPSA) is 59.3 Å². The standard InChI is InChI=1S/C18H18ClFN4O/c1-10-8-17-21-11(2)14(12(3)24(17)23-10)5-7-18(25)22-16-6-4-13(19)9-15(16)20/h4,6,8-9H,5,7H2,1-3H3,(H,22,25). The quantitative estimate of drug-likeness (QED) is 0.764. The molecule has 2 heterocycles. The van der Waals surface area contributed by atoms with E-state index in [0.717, 1.165) is 28.3 Å². The molecule has 0 radical (unpaired) electrons. The van der Waals surface area contributed by atoms with Gasteiger partial charge in [0, 0.05) is 28.9 Å². The molecule has 0 spiro atoms. The van der Waals surface area contributed by atoms with Crippen molar-refractivity contribution in [2.24, 2.45) is 0 Å². The Kier molecular flexibility index (Phi) is 4.72. The number of hydrogen-bond donors (Lipinski definition) is 1. The lowest BCUT2D eigenvalue weighted by atomic mass is 10.1. The Balaban J connectivity index is 1.74. The van der Waals surface area contributed by atoms with Gasteiger partial charge in [-0.1, -0.05) is 11.6 Å². The Morgan fingerprint density at radius 1 is 1.28 bits per heavy atom. The third-order valence-corrected chi connectivity index (χ3v) is 4.33. The number of anilines is 1. The van der Waals surface area contributed by atoms with Crippen LogP contribution in [0.5, 0.6) is 0 Å². The molecule has 7 heteroatoms. The Morgan fingerprint density at radius 2 is 2.04 bits per heavy atom. The van der Waals surface area contributed by atoms with E-state index in [1.54, 1.807) is 4.52 Å². The minimum absolute atomic E-state index is 0.124. The van der Waals surface area contributed by atoms with E-state index in [4.69, 9.17) is 11.6 Å². The molecule has 0 fully saturated rings. The number of aromatic nitrogens is 3. The lowest BCUT2D eigenvalue weighted by molar-refractivity contribution is -0.116. The molecule has 3 rings (SSSR count). The Labute approximate surface area is 149 Å². The number of fused-ring (bicyclic) bond motifs is 1. The highest BCUT2D eigenvalue weighted by Gasteiger charge is 2.14. The minimum Gasteiger partial charge on any atom is -0.324 e. The molecule has 130 valence electrons. The molecule has 0 aliphatic rings. The number of hydrogen-bond acceptors (Lipinski definition) is 3. The zero-order valence-electron chi connectivity index (χ0n) is 14.2. The summed E-state index contributed by atoms with van der Waals surface area (Å²) in [6.45, 7) is 5.79. The van der Waals surface area contributed by atoms with Crippen LogP contribution in [-0.4, -0.2) is 20.5 Å². The largest absolute Gasteiger partial charge is 0.324 e. The molecule has 1 amide bonds. The SMILES string of the molecule is Cc1cc2nc(C)c(CCC(=O)Nc3ccc(Cl)cc3F)c(C)n2n1. The fraction of sp³-hybridized carbons (Fsp3) is 0.278. The van der Waals surface area contributed by atoms with Crippen LogP contribution in [-0.2, 0) is 11.2 Å². The second-order valence-corrected chi connectivity index (χ2v) is 6.43. The second kappa shape index (κ2) is 6.80. The maximum atomic E-state index is 13.8. The number of amides is 1. The lowest BCUT2D eigenvalue weighted by Crippen LogP contribution is -2.15. The van der Waals surface area contributed by atoms with Crippen LogP contribution in [0.4, 0.5) is 10.1 Å². The summed E-state index contributed by atoms with van der Waals surface area (Å²) in [7, 11) is 0. The zero-order valence-corrected chi connectivity index (χ0v) is 15.0. The van der Waals surface area contributed by atoms with Crippen LogP contribution in [0.25, 0.3) is 5.65 Å². The molecule has 0 aliphatic carbocycles. The van der Waals surface area contributed by atoms with E-state index >= 15 is 0 Å². The summed E-state index contributed by atoms with van der Waals surface area (Å²) in [6, 6.07) is 6.07. The predicted molar refractivity (Wildman–Crippen MR) is 95.6 cm³/mol. The summed E-state index contributed by atoms with van der Waals surface area (Å²) in [5.41, 5.74) is 4.62. The third kappa shape index (κ3) is 3.64. The molecule has 25 heavy (non-hydrogen) atoms. The maximum Gasteiger partial charge on any atom is 0.224 e. The predicted octanol–water partition coefficient (Wildman–Crippen LogP) is 4.02. The van der Waals surface area contributed by atoms with Gasteiger partial charge in [-0.3, -0.25) is 4.79 Å². The van der Waals surface area contributed by atoms with Gasteiger partial charge in [0.05, 0.1) is 11.4 Å². The smallest absolute Gasteiger partial charge is 0.224 e. The molecule has 0 unspecified atom stereocenters. The maximum absolute atomic E-state index is 13.8. The van der Waals surface area contributed by atoms with Crippen molar-refractivity contribution in [3.63, 3.8) is 0 Å². The number of benzene rings is 1. The van der Waals surface area contributed by atoms with Crippen LogP contribution in [0.1, 0.15) is 29.1 Å². The van der Waals surface area contributed by atoms with Crippen molar-refractivity contribution in [1.82, 2.24) is 14.6 Å². The van der Waals surface area contributed by atoms with Crippen molar-refractivity contribution in [2.75, 3.05) is 5.32 Å². The van der Waals surface area contributed by atoms with Crippen LogP contribution in [0, 0.1) is 26.6 Å². The lowest BCUT2D eigenvalue weighted by Gasteiger charge is -2.11. The van der Waals surface area contributed by atoms with Crippen LogP contribution >= 0.6 is 11.6 Å². The Bertz CT molecular complexity index is 967. The first-order chi connectivity index (χ1) is 11.8. The van der Waals surface area contributed by atoms with E-state index in [2.05, 4.69) is 15.4 Å². The summed E-state index contributed by atoms with van der Waals surface area (Å²) in [4.78, 5) is 16.7. The van der Waals surface area contributed by atoms with Crippen LogP contribution in [0.2, 0.25) is 5.02 Å². The van der Waals surface area contributed by atoms with Gasteiger partial charge in [0.1, 0.15) is 5.82 Å². The summed E-state index contributed by atoms with van der Waals surface area (Å²) < 4.78 is 15.5. The Hall–Kier alpha value is -2.47. The van der Waals surface area contributed by atoms with E-state index < -0.39 is 5.82 Å². The fourth-order valence-electron chi connectivity index (χ4n) is 2.85. The average molecular weight is 361 g/mol. The molecule has 0 aliphatic heterocycles. The molecular weight excluding hydrogens is 343 g/mol. The number of carbonyl (C=O) groups excluding carboxylic acids is 1. The van der Waals surface area contributed by atoms with Gasteiger partial charge in [-0.15, -0.1) is 0 Å². The molecule has 0 bridgehead atoms. The highest BCUT2D eigenvalue weighted by molar-refractivity contribution is 6.30. The van der Waals surface area contributed by atoms with Crippen molar-refractivity contribution < 1.29 is 9.18 Å². The van der Waals surface area contributed by atoms with Gasteiger partial charge in [0.2, 0.25) is 5.91 Å². The van der Waals surface area contributed by atoms with Crippen LogP contribution < -0.4 is 5.32 Å². The highest BCUT2D eigenvalue weighted by atomic mass is 35.5. The van der Waals surface area contributed by atoms with Crippen molar-refractivity contribution in [3.8, 4) is 0 Å². The summed E-state index contributed by atoms with van der Waals surface area (Å²) in [6.07, 6.45) is 0.720. The normalized spacial score (nSPS) is 11.1. The van der Waals surface area contributed by atoms with Gasteiger partial charge in [-0.2, -0.15) is 5.10 Å². The van der Waals surface area contributed by atoms with Gasteiger partial charge >= 0.3 is 0 Å². The van der Waals surface area contributed by atoms with Crippen LogP contribution in [0.3, 0.4) is 0 Å². The third-order valence-electron chi connectivity index (χ3n) is 4.09. The van der Waals surface area contributed by atoms with Crippen molar-refractivity contribution >= 4 is 28.8 Å². The molecule has 1 N–H and O–H groups in total. The van der Waals surface area contributed by atoms with E-state index in [-0.39, 0.29) is 23.0 Å². The number of aryl methyl sites for hydroxylation is 3. The number of carbonyl (C=O) groups is 1. The summed E-state index contributed by atoms with van der Waals surface area (Å²) in [5.74, 6) is -0.819. The molecular formula is C18H18ClFN4O. The molecule has 3 aromatic rings. The second-order valence-electron chi connectivity index (χ2n) is 5.99. The van der Waals surface area contributed by atoms with Gasteiger partial charge in [-0.05, 0) is 51.0 Å². The summed E-state index contributed by atoms with van der Waals surface area (Å²) >= 11 is 5.71. The first-order valence-electron chi connectivity index (χ1n) is 7.92. The number of nitrogens with zero attached hydrogens (tertiary/aromatic N) is 3. The fourth-order valence-corrected chi connectivity index (χ4v) is 3.00. The summed E-state index contributed by atoms with van der Waals surface area (Å²) in [5, 5.41) is 7.28. The molecule has 0 saturated heterocycles. The average Bonchev–Trinajstić information content (AvgIpc) is 2.90. The van der Waals surface area contributed by atoms with Gasteiger partial charge in [0.25, 0.3) is 0 Å². The molecule has 1 aromatic carbocycles.